The average molecular weight is 277 g/mol. The van der Waals surface area contributed by atoms with Crippen LogP contribution in [0.4, 0.5) is 5.69 Å². The van der Waals surface area contributed by atoms with Crippen molar-refractivity contribution in [1.29, 1.82) is 0 Å². The van der Waals surface area contributed by atoms with Crippen LogP contribution in [0.5, 0.6) is 0 Å². The number of nitrogen functional groups attached to an aromatic ring is 1. The van der Waals surface area contributed by atoms with E-state index in [0.717, 1.165) is 23.1 Å². The number of anilines is 1. The second kappa shape index (κ2) is 6.02. The topological polar surface area (TPSA) is 68.0 Å². The van der Waals surface area contributed by atoms with Crippen molar-refractivity contribution in [2.24, 2.45) is 5.92 Å². The van der Waals surface area contributed by atoms with Crippen LogP contribution in [0.25, 0.3) is 10.2 Å². The van der Waals surface area contributed by atoms with Gasteiger partial charge in [-0.1, -0.05) is 26.7 Å². The van der Waals surface area contributed by atoms with E-state index in [-0.39, 0.29) is 5.91 Å². The van der Waals surface area contributed by atoms with Crippen molar-refractivity contribution < 1.29 is 4.79 Å². The molecule has 2 heterocycles. The lowest BCUT2D eigenvalue weighted by Crippen LogP contribution is -2.28. The Kier molecular flexibility index (Phi) is 4.37. The van der Waals surface area contributed by atoms with Crippen molar-refractivity contribution >= 4 is 33.1 Å². The predicted molar refractivity (Wildman–Crippen MR) is 80.4 cm³/mol. The van der Waals surface area contributed by atoms with E-state index in [2.05, 4.69) is 24.1 Å². The molecule has 5 heteroatoms. The van der Waals surface area contributed by atoms with Gasteiger partial charge in [0.25, 0.3) is 5.91 Å². The number of thiophene rings is 1. The lowest BCUT2D eigenvalue weighted by molar-refractivity contribution is 0.0951. The van der Waals surface area contributed by atoms with Gasteiger partial charge in [-0.25, -0.2) is 4.98 Å². The van der Waals surface area contributed by atoms with Crippen LogP contribution in [-0.4, -0.2) is 17.4 Å². The van der Waals surface area contributed by atoms with E-state index in [1.54, 1.807) is 6.20 Å². The Morgan fingerprint density at radius 1 is 1.47 bits per heavy atom. The molecule has 2 aromatic heterocycles. The van der Waals surface area contributed by atoms with Gasteiger partial charge < -0.3 is 11.1 Å². The lowest BCUT2D eigenvalue weighted by Gasteiger charge is -2.12. The number of fused-ring (bicyclic) bond motifs is 1. The fourth-order valence-electron chi connectivity index (χ4n) is 2.01. The van der Waals surface area contributed by atoms with Gasteiger partial charge in [0.1, 0.15) is 9.71 Å². The molecule has 3 N–H and O–H groups in total. The number of amides is 1. The van der Waals surface area contributed by atoms with Gasteiger partial charge in [0.2, 0.25) is 0 Å². The molecular formula is C14H19N3OS. The summed E-state index contributed by atoms with van der Waals surface area (Å²) >= 11 is 1.35. The summed E-state index contributed by atoms with van der Waals surface area (Å²) in [6.45, 7) is 4.98. The highest BCUT2D eigenvalue weighted by molar-refractivity contribution is 7.21. The summed E-state index contributed by atoms with van der Waals surface area (Å²) in [6.07, 6.45) is 3.85. The zero-order chi connectivity index (χ0) is 13.8. The molecule has 19 heavy (non-hydrogen) atoms. The van der Waals surface area contributed by atoms with Gasteiger partial charge in [0.15, 0.2) is 0 Å². The SMILES string of the molecule is CCC(CC)CNC(=O)c1sc2ncccc2c1N. The van der Waals surface area contributed by atoms with Crippen LogP contribution in [0.15, 0.2) is 18.3 Å². The quantitative estimate of drug-likeness (QED) is 0.882. The number of pyridine rings is 1. The highest BCUT2D eigenvalue weighted by Gasteiger charge is 2.17. The number of carbonyl (C=O) groups excluding carboxylic acids is 1. The summed E-state index contributed by atoms with van der Waals surface area (Å²) in [4.78, 5) is 17.8. The van der Waals surface area contributed by atoms with Gasteiger partial charge in [-0.2, -0.15) is 0 Å². The van der Waals surface area contributed by atoms with Crippen LogP contribution < -0.4 is 11.1 Å². The molecule has 0 fully saturated rings. The number of nitrogens with zero attached hydrogens (tertiary/aromatic N) is 1. The van der Waals surface area contributed by atoms with Gasteiger partial charge in [-0.15, -0.1) is 11.3 Å². The van der Waals surface area contributed by atoms with Gasteiger partial charge >= 0.3 is 0 Å². The van der Waals surface area contributed by atoms with Crippen molar-refractivity contribution in [1.82, 2.24) is 10.3 Å². The van der Waals surface area contributed by atoms with E-state index in [0.29, 0.717) is 23.0 Å². The summed E-state index contributed by atoms with van der Waals surface area (Å²) in [5.74, 6) is 0.435. The fraction of sp³-hybridized carbons (Fsp3) is 0.429. The number of rotatable bonds is 5. The van der Waals surface area contributed by atoms with Crippen LogP contribution in [0.1, 0.15) is 36.4 Å². The maximum absolute atomic E-state index is 12.2. The molecule has 0 aliphatic rings. The maximum Gasteiger partial charge on any atom is 0.263 e. The molecule has 2 rings (SSSR count). The Bertz CT molecular complexity index is 575. The molecule has 0 spiro atoms. The van der Waals surface area contributed by atoms with Crippen LogP contribution in [0, 0.1) is 5.92 Å². The normalized spacial score (nSPS) is 11.1. The smallest absolute Gasteiger partial charge is 0.263 e. The van der Waals surface area contributed by atoms with Crippen molar-refractivity contribution in [2.45, 2.75) is 26.7 Å². The second-order valence-electron chi connectivity index (χ2n) is 4.59. The monoisotopic (exact) mass is 277 g/mol. The first-order valence-electron chi connectivity index (χ1n) is 6.58. The number of carbonyl (C=O) groups is 1. The Morgan fingerprint density at radius 3 is 2.84 bits per heavy atom. The number of hydrogen-bond acceptors (Lipinski definition) is 4. The van der Waals surface area contributed by atoms with E-state index in [4.69, 9.17) is 5.73 Å². The molecule has 0 atom stereocenters. The van der Waals surface area contributed by atoms with Crippen LogP contribution >= 0.6 is 11.3 Å². The number of aromatic nitrogens is 1. The molecule has 4 nitrogen and oxygen atoms in total. The Labute approximate surface area is 117 Å². The molecule has 0 bridgehead atoms. The summed E-state index contributed by atoms with van der Waals surface area (Å²) < 4.78 is 0. The second-order valence-corrected chi connectivity index (χ2v) is 5.59. The summed E-state index contributed by atoms with van der Waals surface area (Å²) in [5.41, 5.74) is 6.56. The van der Waals surface area contributed by atoms with Gasteiger partial charge in [0.05, 0.1) is 5.69 Å². The molecule has 102 valence electrons. The molecule has 0 saturated carbocycles. The Morgan fingerprint density at radius 2 is 2.21 bits per heavy atom. The number of hydrogen-bond donors (Lipinski definition) is 2. The highest BCUT2D eigenvalue weighted by Crippen LogP contribution is 2.31. The van der Waals surface area contributed by atoms with E-state index in [1.807, 2.05) is 12.1 Å². The van der Waals surface area contributed by atoms with Gasteiger partial charge in [-0.3, -0.25) is 4.79 Å². The minimum Gasteiger partial charge on any atom is -0.397 e. The minimum absolute atomic E-state index is 0.0904. The average Bonchev–Trinajstić information content (AvgIpc) is 2.78. The Balaban J connectivity index is 2.15. The maximum atomic E-state index is 12.2. The third-order valence-corrected chi connectivity index (χ3v) is 4.55. The third-order valence-electron chi connectivity index (χ3n) is 3.42. The first-order valence-corrected chi connectivity index (χ1v) is 7.40. The zero-order valence-electron chi connectivity index (χ0n) is 11.3. The van der Waals surface area contributed by atoms with Crippen LogP contribution in [0.3, 0.4) is 0 Å². The Hall–Kier alpha value is -1.62. The third kappa shape index (κ3) is 2.87. The molecule has 0 aliphatic carbocycles. The number of nitrogens with two attached hydrogens (primary N) is 1. The molecule has 2 aromatic rings. The summed E-state index contributed by atoms with van der Waals surface area (Å²) in [6, 6.07) is 3.73. The lowest BCUT2D eigenvalue weighted by atomic mass is 10.0. The molecular weight excluding hydrogens is 258 g/mol. The summed E-state index contributed by atoms with van der Waals surface area (Å²) in [7, 11) is 0. The fourth-order valence-corrected chi connectivity index (χ4v) is 2.99. The number of nitrogens with one attached hydrogen (secondary N) is 1. The standard InChI is InChI=1S/C14H19N3OS/c1-3-9(4-2)8-17-13(18)12-11(15)10-6-5-7-16-14(10)19-12/h5-7,9H,3-4,8,15H2,1-2H3,(H,17,18). The minimum atomic E-state index is -0.0904. The highest BCUT2D eigenvalue weighted by atomic mass is 32.1. The first kappa shape index (κ1) is 13.8. The van der Waals surface area contributed by atoms with E-state index in [1.165, 1.54) is 11.3 Å². The van der Waals surface area contributed by atoms with Crippen LogP contribution in [0.2, 0.25) is 0 Å². The molecule has 0 radical (unpaired) electrons. The van der Waals surface area contributed by atoms with Gasteiger partial charge in [0, 0.05) is 18.1 Å². The molecule has 0 aromatic carbocycles. The summed E-state index contributed by atoms with van der Waals surface area (Å²) in [5, 5.41) is 3.83. The van der Waals surface area contributed by atoms with E-state index >= 15 is 0 Å². The molecule has 0 saturated heterocycles. The van der Waals surface area contributed by atoms with Gasteiger partial charge in [-0.05, 0) is 18.1 Å². The predicted octanol–water partition coefficient (Wildman–Crippen LogP) is 3.04. The van der Waals surface area contributed by atoms with Crippen molar-refractivity contribution in [3.05, 3.63) is 23.2 Å². The largest absolute Gasteiger partial charge is 0.397 e. The van der Waals surface area contributed by atoms with Crippen LogP contribution in [-0.2, 0) is 0 Å². The molecule has 1 amide bonds. The molecule has 0 aliphatic heterocycles. The van der Waals surface area contributed by atoms with Crippen molar-refractivity contribution in [3.8, 4) is 0 Å². The van der Waals surface area contributed by atoms with Crippen molar-refractivity contribution in [3.63, 3.8) is 0 Å². The van der Waals surface area contributed by atoms with Crippen molar-refractivity contribution in [2.75, 3.05) is 12.3 Å². The van der Waals surface area contributed by atoms with E-state index in [9.17, 15) is 4.79 Å². The molecule has 0 unspecified atom stereocenters. The van der Waals surface area contributed by atoms with E-state index < -0.39 is 0 Å². The zero-order valence-corrected chi connectivity index (χ0v) is 12.1. The first-order chi connectivity index (χ1) is 9.17.